The first-order valence-corrected chi connectivity index (χ1v) is 8.25. The van der Waals surface area contributed by atoms with Crippen molar-refractivity contribution >= 4 is 0 Å². The van der Waals surface area contributed by atoms with E-state index in [2.05, 4.69) is 35.9 Å². The second-order valence-electron chi connectivity index (χ2n) is 7.89. The summed E-state index contributed by atoms with van der Waals surface area (Å²) in [7, 11) is 0. The predicted octanol–water partition coefficient (Wildman–Crippen LogP) is 1.93. The summed E-state index contributed by atoms with van der Waals surface area (Å²) in [5, 5.41) is 3.71. The number of fused-ring (bicyclic) bond motifs is 1. The lowest BCUT2D eigenvalue weighted by Gasteiger charge is -2.45. The van der Waals surface area contributed by atoms with E-state index in [-0.39, 0.29) is 0 Å². The number of hydrogen-bond acceptors (Lipinski definition) is 3. The van der Waals surface area contributed by atoms with Crippen LogP contribution in [0.3, 0.4) is 0 Å². The Morgan fingerprint density at radius 3 is 2.68 bits per heavy atom. The normalized spacial score (nSPS) is 33.6. The lowest BCUT2D eigenvalue weighted by Crippen LogP contribution is -2.57. The van der Waals surface area contributed by atoms with E-state index in [1.807, 2.05) is 0 Å². The Balaban J connectivity index is 1.52. The monoisotopic (exact) mass is 265 g/mol. The van der Waals surface area contributed by atoms with E-state index in [0.29, 0.717) is 5.41 Å². The van der Waals surface area contributed by atoms with Crippen LogP contribution in [0.5, 0.6) is 0 Å². The molecule has 3 rings (SSSR count). The maximum Gasteiger partial charge on any atom is 0.0224 e. The van der Waals surface area contributed by atoms with Gasteiger partial charge in [-0.15, -0.1) is 0 Å². The van der Waals surface area contributed by atoms with Gasteiger partial charge in [-0.3, -0.25) is 9.80 Å². The summed E-state index contributed by atoms with van der Waals surface area (Å²) in [6, 6.07) is 2.42. The molecule has 3 heteroatoms. The second kappa shape index (κ2) is 5.34. The van der Waals surface area contributed by atoms with E-state index in [4.69, 9.17) is 0 Å². The fraction of sp³-hybridized carbons (Fsp3) is 1.00. The summed E-state index contributed by atoms with van der Waals surface area (Å²) in [5.41, 5.74) is 0.400. The summed E-state index contributed by atoms with van der Waals surface area (Å²) < 4.78 is 0. The van der Waals surface area contributed by atoms with Gasteiger partial charge in [-0.25, -0.2) is 0 Å². The van der Waals surface area contributed by atoms with Crippen molar-refractivity contribution in [2.45, 2.75) is 64.6 Å². The van der Waals surface area contributed by atoms with Crippen molar-refractivity contribution in [2.75, 3.05) is 32.7 Å². The summed E-state index contributed by atoms with van der Waals surface area (Å²) >= 11 is 0. The van der Waals surface area contributed by atoms with Crippen LogP contribution in [0.2, 0.25) is 0 Å². The average molecular weight is 265 g/mol. The number of nitrogens with one attached hydrogen (secondary N) is 1. The molecule has 2 unspecified atom stereocenters. The molecule has 19 heavy (non-hydrogen) atoms. The molecule has 0 spiro atoms. The van der Waals surface area contributed by atoms with Crippen molar-refractivity contribution in [3.8, 4) is 0 Å². The Hall–Kier alpha value is -0.120. The van der Waals surface area contributed by atoms with Crippen LogP contribution in [0, 0.1) is 5.41 Å². The Kier molecular flexibility index (Phi) is 3.89. The number of nitrogens with zero attached hydrogens (tertiary/aromatic N) is 2. The highest BCUT2D eigenvalue weighted by Gasteiger charge is 2.36. The fourth-order valence-corrected chi connectivity index (χ4v) is 3.78. The van der Waals surface area contributed by atoms with Gasteiger partial charge in [0.1, 0.15) is 0 Å². The molecule has 3 fully saturated rings. The third-order valence-electron chi connectivity index (χ3n) is 5.14. The second-order valence-corrected chi connectivity index (χ2v) is 7.89. The molecule has 0 radical (unpaired) electrons. The quantitative estimate of drug-likeness (QED) is 0.819. The predicted molar refractivity (Wildman–Crippen MR) is 80.4 cm³/mol. The SMILES string of the molecule is CC1CN2CCCC2CN1CC(C)(C)CNC1CC1. The Bertz CT molecular complexity index is 311. The molecule has 0 bridgehead atoms. The lowest BCUT2D eigenvalue weighted by atomic mass is 9.91. The summed E-state index contributed by atoms with van der Waals surface area (Å²) in [5.74, 6) is 0. The van der Waals surface area contributed by atoms with Crippen LogP contribution in [0.25, 0.3) is 0 Å². The first kappa shape index (κ1) is 13.8. The molecule has 0 aromatic rings. The Morgan fingerprint density at radius 1 is 1.16 bits per heavy atom. The largest absolute Gasteiger partial charge is 0.313 e. The first-order valence-electron chi connectivity index (χ1n) is 8.25. The van der Waals surface area contributed by atoms with Gasteiger partial charge in [-0.05, 0) is 44.6 Å². The van der Waals surface area contributed by atoms with Crippen molar-refractivity contribution in [3.05, 3.63) is 0 Å². The van der Waals surface area contributed by atoms with Crippen molar-refractivity contribution in [1.82, 2.24) is 15.1 Å². The molecular formula is C16H31N3. The Labute approximate surface area is 118 Å². The first-order chi connectivity index (χ1) is 9.03. The molecule has 3 nitrogen and oxygen atoms in total. The van der Waals surface area contributed by atoms with E-state index >= 15 is 0 Å². The van der Waals surface area contributed by atoms with Gasteiger partial charge >= 0.3 is 0 Å². The van der Waals surface area contributed by atoms with E-state index < -0.39 is 0 Å². The summed E-state index contributed by atoms with van der Waals surface area (Å²) in [4.78, 5) is 5.47. The van der Waals surface area contributed by atoms with Crippen LogP contribution in [0.1, 0.15) is 46.5 Å². The minimum absolute atomic E-state index is 0.400. The zero-order chi connectivity index (χ0) is 13.5. The standard InChI is InChI=1S/C16H31N3/c1-13-9-18-8-4-5-15(18)10-19(13)12-16(2,3)11-17-14-6-7-14/h13-15,17H,4-12H2,1-3H3. The van der Waals surface area contributed by atoms with Crippen LogP contribution >= 0.6 is 0 Å². The third kappa shape index (κ3) is 3.50. The molecule has 2 aliphatic heterocycles. The minimum atomic E-state index is 0.400. The van der Waals surface area contributed by atoms with Crippen LogP contribution < -0.4 is 5.32 Å². The van der Waals surface area contributed by atoms with Crippen LogP contribution in [0.15, 0.2) is 0 Å². The van der Waals surface area contributed by atoms with E-state index in [1.165, 1.54) is 58.4 Å². The number of piperazine rings is 1. The van der Waals surface area contributed by atoms with Crippen molar-refractivity contribution < 1.29 is 0 Å². The summed E-state index contributed by atoms with van der Waals surface area (Å²) in [6.45, 7) is 13.6. The minimum Gasteiger partial charge on any atom is -0.313 e. The van der Waals surface area contributed by atoms with Gasteiger partial charge in [0, 0.05) is 44.3 Å². The van der Waals surface area contributed by atoms with E-state index in [9.17, 15) is 0 Å². The topological polar surface area (TPSA) is 18.5 Å². The highest BCUT2D eigenvalue weighted by molar-refractivity contribution is 4.93. The van der Waals surface area contributed by atoms with Crippen LogP contribution in [-0.4, -0.2) is 60.6 Å². The van der Waals surface area contributed by atoms with Gasteiger partial charge in [0.05, 0.1) is 0 Å². The lowest BCUT2D eigenvalue weighted by molar-refractivity contribution is 0.0335. The Morgan fingerprint density at radius 2 is 1.95 bits per heavy atom. The molecule has 2 atom stereocenters. The maximum absolute atomic E-state index is 3.71. The van der Waals surface area contributed by atoms with E-state index in [0.717, 1.165) is 18.1 Å². The zero-order valence-corrected chi connectivity index (χ0v) is 13.0. The van der Waals surface area contributed by atoms with Gasteiger partial charge < -0.3 is 5.32 Å². The average Bonchev–Trinajstić information content (AvgIpc) is 3.07. The molecule has 2 heterocycles. The third-order valence-corrected chi connectivity index (χ3v) is 5.14. The highest BCUT2D eigenvalue weighted by Crippen LogP contribution is 2.28. The molecule has 2 saturated heterocycles. The van der Waals surface area contributed by atoms with Gasteiger partial charge in [0.2, 0.25) is 0 Å². The molecule has 0 amide bonds. The molecule has 3 aliphatic rings. The van der Waals surface area contributed by atoms with Crippen molar-refractivity contribution in [1.29, 1.82) is 0 Å². The van der Waals surface area contributed by atoms with Crippen LogP contribution in [0.4, 0.5) is 0 Å². The summed E-state index contributed by atoms with van der Waals surface area (Å²) in [6.07, 6.45) is 5.63. The van der Waals surface area contributed by atoms with Gasteiger partial charge in [-0.2, -0.15) is 0 Å². The highest BCUT2D eigenvalue weighted by atomic mass is 15.3. The molecule has 110 valence electrons. The molecule has 0 aromatic carbocycles. The molecular weight excluding hydrogens is 234 g/mol. The number of hydrogen-bond donors (Lipinski definition) is 1. The van der Waals surface area contributed by atoms with Crippen molar-refractivity contribution in [2.24, 2.45) is 5.41 Å². The number of rotatable bonds is 5. The van der Waals surface area contributed by atoms with Crippen molar-refractivity contribution in [3.63, 3.8) is 0 Å². The van der Waals surface area contributed by atoms with Gasteiger partial charge in [0.25, 0.3) is 0 Å². The molecule has 0 aromatic heterocycles. The smallest absolute Gasteiger partial charge is 0.0224 e. The van der Waals surface area contributed by atoms with Crippen LogP contribution in [-0.2, 0) is 0 Å². The maximum atomic E-state index is 3.71. The molecule has 1 aliphatic carbocycles. The van der Waals surface area contributed by atoms with E-state index in [1.54, 1.807) is 0 Å². The molecule has 1 saturated carbocycles. The van der Waals surface area contributed by atoms with Gasteiger partial charge in [0.15, 0.2) is 0 Å². The zero-order valence-electron chi connectivity index (χ0n) is 13.0. The molecule has 1 N–H and O–H groups in total. The van der Waals surface area contributed by atoms with Gasteiger partial charge in [-0.1, -0.05) is 13.8 Å². The fourth-order valence-electron chi connectivity index (χ4n) is 3.78.